The lowest BCUT2D eigenvalue weighted by Gasteiger charge is -2.25. The van der Waals surface area contributed by atoms with E-state index in [9.17, 15) is 4.79 Å². The van der Waals surface area contributed by atoms with Gasteiger partial charge in [-0.3, -0.25) is 4.79 Å². The fourth-order valence-electron chi connectivity index (χ4n) is 1.61. The number of allylic oxidation sites excluding steroid dienone is 1. The van der Waals surface area contributed by atoms with Gasteiger partial charge < -0.3 is 0 Å². The second-order valence-electron chi connectivity index (χ2n) is 3.72. The van der Waals surface area contributed by atoms with Gasteiger partial charge in [-0.05, 0) is 30.7 Å². The average Bonchev–Trinajstić information content (AvgIpc) is 2.38. The van der Waals surface area contributed by atoms with Crippen molar-refractivity contribution in [1.82, 2.24) is 5.01 Å². The summed E-state index contributed by atoms with van der Waals surface area (Å²) in [6.45, 7) is 1.81. The highest BCUT2D eigenvalue weighted by atomic mass is 16.2. The van der Waals surface area contributed by atoms with E-state index in [1.165, 1.54) is 11.2 Å². The Bertz CT molecular complexity index is 525. The molecule has 4 heteroatoms. The minimum absolute atomic E-state index is 0.263. The predicted molar refractivity (Wildman–Crippen MR) is 64.3 cm³/mol. The summed E-state index contributed by atoms with van der Waals surface area (Å²) in [5, 5.41) is 14.3. The first-order valence-electron chi connectivity index (χ1n) is 5.23. The summed E-state index contributed by atoms with van der Waals surface area (Å²) < 4.78 is 0. The molecule has 84 valence electrons. The van der Waals surface area contributed by atoms with Crippen molar-refractivity contribution in [3.05, 3.63) is 47.5 Å². The van der Waals surface area contributed by atoms with Gasteiger partial charge in [0.15, 0.2) is 6.04 Å². The van der Waals surface area contributed by atoms with Crippen LogP contribution in [0.25, 0.3) is 0 Å². The third-order valence-electron chi connectivity index (χ3n) is 2.56. The van der Waals surface area contributed by atoms with E-state index in [4.69, 9.17) is 5.26 Å². The van der Waals surface area contributed by atoms with Gasteiger partial charge in [-0.15, -0.1) is 0 Å². The largest absolute Gasteiger partial charge is 0.275 e. The number of nitriles is 1. The van der Waals surface area contributed by atoms with Crippen LogP contribution in [-0.2, 0) is 0 Å². The summed E-state index contributed by atoms with van der Waals surface area (Å²) in [6.07, 6.45) is 3.27. The van der Waals surface area contributed by atoms with Gasteiger partial charge in [0, 0.05) is 11.8 Å². The van der Waals surface area contributed by atoms with E-state index in [1.54, 1.807) is 30.3 Å². The Kier molecular flexibility index (Phi) is 3.01. The van der Waals surface area contributed by atoms with Crippen molar-refractivity contribution in [2.24, 2.45) is 5.10 Å². The van der Waals surface area contributed by atoms with Gasteiger partial charge in [0.25, 0.3) is 5.91 Å². The Balaban J connectivity index is 2.30. The van der Waals surface area contributed by atoms with Crippen molar-refractivity contribution in [1.29, 1.82) is 5.26 Å². The Morgan fingerprint density at radius 2 is 2.12 bits per heavy atom. The van der Waals surface area contributed by atoms with Crippen LogP contribution in [0.15, 0.2) is 47.1 Å². The number of amides is 1. The van der Waals surface area contributed by atoms with Gasteiger partial charge in [0.05, 0.1) is 6.07 Å². The van der Waals surface area contributed by atoms with Crippen molar-refractivity contribution in [3.8, 4) is 6.07 Å². The lowest BCUT2D eigenvalue weighted by Crippen LogP contribution is -2.37. The third-order valence-corrected chi connectivity index (χ3v) is 2.56. The molecule has 1 atom stereocenters. The molecule has 0 saturated heterocycles. The molecule has 0 saturated carbocycles. The topological polar surface area (TPSA) is 56.5 Å². The molecule has 0 N–H and O–H groups in total. The number of hydrogen-bond acceptors (Lipinski definition) is 3. The molecule has 1 aliphatic rings. The summed E-state index contributed by atoms with van der Waals surface area (Å²) in [5.74, 6) is -0.263. The van der Waals surface area contributed by atoms with E-state index < -0.39 is 6.04 Å². The van der Waals surface area contributed by atoms with Crippen LogP contribution in [0.2, 0.25) is 0 Å². The number of carbonyl (C=O) groups is 1. The highest BCUT2D eigenvalue weighted by molar-refractivity contribution is 5.95. The molecule has 0 aromatic heterocycles. The Hall–Kier alpha value is -2.41. The zero-order valence-electron chi connectivity index (χ0n) is 9.37. The molecule has 1 aliphatic heterocycles. The van der Waals surface area contributed by atoms with Crippen molar-refractivity contribution >= 4 is 12.1 Å². The molecule has 0 fully saturated rings. The Morgan fingerprint density at radius 3 is 2.76 bits per heavy atom. The van der Waals surface area contributed by atoms with Crippen molar-refractivity contribution in [2.75, 3.05) is 0 Å². The molecule has 0 radical (unpaired) electrons. The highest BCUT2D eigenvalue weighted by Crippen LogP contribution is 2.17. The number of hydrogen-bond donors (Lipinski definition) is 0. The van der Waals surface area contributed by atoms with Gasteiger partial charge in [-0.25, -0.2) is 5.01 Å². The lowest BCUT2D eigenvalue weighted by molar-refractivity contribution is 0.0741. The van der Waals surface area contributed by atoms with Gasteiger partial charge in [0.1, 0.15) is 0 Å². The molecular formula is C13H11N3O. The first-order chi connectivity index (χ1) is 8.24. The Labute approximate surface area is 99.5 Å². The summed E-state index contributed by atoms with van der Waals surface area (Å²) in [6, 6.07) is 10.3. The standard InChI is InChI=1S/C13H11N3O/c1-10-7-8-15-16(12(10)9-14)13(17)11-5-3-2-4-6-11/h2-8,12H,1H3. The van der Waals surface area contributed by atoms with E-state index in [2.05, 4.69) is 11.2 Å². The number of nitrogens with zero attached hydrogens (tertiary/aromatic N) is 3. The number of hydrazone groups is 1. The minimum Gasteiger partial charge on any atom is -0.267 e. The molecule has 1 heterocycles. The van der Waals surface area contributed by atoms with Gasteiger partial charge in [-0.1, -0.05) is 18.2 Å². The van der Waals surface area contributed by atoms with Crippen LogP contribution < -0.4 is 0 Å². The maximum absolute atomic E-state index is 12.1. The Morgan fingerprint density at radius 1 is 1.41 bits per heavy atom. The van der Waals surface area contributed by atoms with Crippen LogP contribution in [0.3, 0.4) is 0 Å². The molecule has 0 aliphatic carbocycles. The maximum Gasteiger partial charge on any atom is 0.275 e. The van der Waals surface area contributed by atoms with E-state index in [0.29, 0.717) is 5.56 Å². The second kappa shape index (κ2) is 4.62. The highest BCUT2D eigenvalue weighted by Gasteiger charge is 2.27. The number of benzene rings is 1. The number of carbonyl (C=O) groups excluding carboxylic acids is 1. The molecule has 1 unspecified atom stereocenters. The van der Waals surface area contributed by atoms with Crippen LogP contribution in [0.5, 0.6) is 0 Å². The van der Waals surface area contributed by atoms with E-state index in [1.807, 2.05) is 13.0 Å². The van der Waals surface area contributed by atoms with Crippen molar-refractivity contribution in [2.45, 2.75) is 13.0 Å². The quantitative estimate of drug-likeness (QED) is 0.733. The summed E-state index contributed by atoms with van der Waals surface area (Å²) in [5.41, 5.74) is 1.34. The van der Waals surface area contributed by atoms with Gasteiger partial charge >= 0.3 is 0 Å². The third kappa shape index (κ3) is 2.08. The molecular weight excluding hydrogens is 214 g/mol. The minimum atomic E-state index is -0.618. The van der Waals surface area contributed by atoms with Crippen LogP contribution in [-0.4, -0.2) is 23.2 Å². The fourth-order valence-corrected chi connectivity index (χ4v) is 1.61. The van der Waals surface area contributed by atoms with Gasteiger partial charge in [-0.2, -0.15) is 10.4 Å². The lowest BCUT2D eigenvalue weighted by atomic mass is 10.1. The summed E-state index contributed by atoms with van der Waals surface area (Å²) in [7, 11) is 0. The van der Waals surface area contributed by atoms with E-state index in [-0.39, 0.29) is 5.91 Å². The van der Waals surface area contributed by atoms with Gasteiger partial charge in [0.2, 0.25) is 0 Å². The van der Waals surface area contributed by atoms with E-state index >= 15 is 0 Å². The molecule has 1 aromatic carbocycles. The second-order valence-corrected chi connectivity index (χ2v) is 3.72. The molecule has 1 aromatic rings. The SMILES string of the molecule is CC1=CC=NN(C(=O)c2ccccc2)C1C#N. The van der Waals surface area contributed by atoms with Crippen LogP contribution in [0.1, 0.15) is 17.3 Å². The van der Waals surface area contributed by atoms with Crippen LogP contribution in [0, 0.1) is 11.3 Å². The van der Waals surface area contributed by atoms with Crippen molar-refractivity contribution in [3.63, 3.8) is 0 Å². The molecule has 1 amide bonds. The monoisotopic (exact) mass is 225 g/mol. The predicted octanol–water partition coefficient (Wildman–Crippen LogP) is 1.97. The van der Waals surface area contributed by atoms with E-state index in [0.717, 1.165) is 5.57 Å². The molecule has 0 spiro atoms. The summed E-state index contributed by atoms with van der Waals surface area (Å²) in [4.78, 5) is 12.1. The number of rotatable bonds is 1. The average molecular weight is 225 g/mol. The van der Waals surface area contributed by atoms with Crippen molar-refractivity contribution < 1.29 is 4.79 Å². The molecule has 0 bridgehead atoms. The van der Waals surface area contributed by atoms with Crippen LogP contribution in [0.4, 0.5) is 0 Å². The first kappa shape index (κ1) is 11.1. The molecule has 17 heavy (non-hydrogen) atoms. The zero-order chi connectivity index (χ0) is 12.3. The zero-order valence-corrected chi connectivity index (χ0v) is 9.37. The fraction of sp³-hybridized carbons (Fsp3) is 0.154. The smallest absolute Gasteiger partial charge is 0.267 e. The maximum atomic E-state index is 12.1. The van der Waals surface area contributed by atoms with Crippen LogP contribution >= 0.6 is 0 Å². The molecule has 2 rings (SSSR count). The molecule has 4 nitrogen and oxygen atoms in total. The summed E-state index contributed by atoms with van der Waals surface area (Å²) >= 11 is 0. The first-order valence-corrected chi connectivity index (χ1v) is 5.23. The normalized spacial score (nSPS) is 18.5.